The number of aromatic nitrogens is 2. The van der Waals surface area contributed by atoms with E-state index >= 15 is 0 Å². The summed E-state index contributed by atoms with van der Waals surface area (Å²) >= 11 is 3.18. The zero-order chi connectivity index (χ0) is 19.6. The summed E-state index contributed by atoms with van der Waals surface area (Å²) in [6, 6.07) is 10.0. The minimum absolute atomic E-state index is 0.00999. The Kier molecular flexibility index (Phi) is 5.67. The zero-order valence-electron chi connectivity index (χ0n) is 14.2. The number of aryl methyl sites for hydroxylation is 1. The van der Waals surface area contributed by atoms with Crippen LogP contribution in [-0.4, -0.2) is 14.7 Å². The Hall–Kier alpha value is -2.58. The first-order valence-electron chi connectivity index (χ1n) is 7.96. The van der Waals surface area contributed by atoms with Crippen molar-refractivity contribution in [1.82, 2.24) is 9.55 Å². The molecule has 0 saturated heterocycles. The molecule has 1 N–H and O–H groups in total. The van der Waals surface area contributed by atoms with E-state index in [1.165, 1.54) is 10.6 Å². The predicted molar refractivity (Wildman–Crippen MR) is 98.9 cm³/mol. The van der Waals surface area contributed by atoms with Crippen molar-refractivity contribution < 1.29 is 18.6 Å². The fourth-order valence-corrected chi connectivity index (χ4v) is 2.94. The van der Waals surface area contributed by atoms with Gasteiger partial charge in [-0.1, -0.05) is 12.1 Å². The largest absolute Gasteiger partial charge is 0.472 e. The second-order valence-corrected chi connectivity index (χ2v) is 6.56. The van der Waals surface area contributed by atoms with Gasteiger partial charge in [0, 0.05) is 11.6 Å². The number of aliphatic hydroxyl groups excluding tert-OH is 1. The summed E-state index contributed by atoms with van der Waals surface area (Å²) in [5.74, 6) is -1.06. The molecule has 0 amide bonds. The van der Waals surface area contributed by atoms with E-state index in [4.69, 9.17) is 4.74 Å². The van der Waals surface area contributed by atoms with Crippen LogP contribution < -0.4 is 10.3 Å². The molecule has 1 aromatic heterocycles. The first-order chi connectivity index (χ1) is 12.9. The number of hydrogen-bond donors (Lipinski definition) is 1. The fraction of sp³-hybridized carbons (Fsp3) is 0.158. The maximum Gasteiger partial charge on any atom is 0.276 e. The van der Waals surface area contributed by atoms with Crippen LogP contribution in [0.4, 0.5) is 8.78 Å². The van der Waals surface area contributed by atoms with Crippen molar-refractivity contribution >= 4 is 15.9 Å². The Morgan fingerprint density at radius 3 is 2.70 bits per heavy atom. The fourth-order valence-electron chi connectivity index (χ4n) is 2.56. The molecule has 8 heteroatoms. The topological polar surface area (TPSA) is 64.3 Å². The van der Waals surface area contributed by atoms with Gasteiger partial charge in [-0.25, -0.2) is 8.78 Å². The molecule has 0 spiro atoms. The lowest BCUT2D eigenvalue weighted by atomic mass is 10.2. The molecular weight excluding hydrogens is 422 g/mol. The summed E-state index contributed by atoms with van der Waals surface area (Å²) in [4.78, 5) is 17.0. The summed E-state index contributed by atoms with van der Waals surface area (Å²) in [5, 5.41) is 9.28. The van der Waals surface area contributed by atoms with E-state index in [9.17, 15) is 18.7 Å². The van der Waals surface area contributed by atoms with Gasteiger partial charge in [0.2, 0.25) is 5.88 Å². The van der Waals surface area contributed by atoms with Crippen molar-refractivity contribution in [3.63, 3.8) is 0 Å². The molecule has 0 bridgehead atoms. The van der Waals surface area contributed by atoms with E-state index in [-0.39, 0.29) is 29.1 Å². The highest BCUT2D eigenvalue weighted by Gasteiger charge is 2.16. The molecule has 0 atom stereocenters. The highest BCUT2D eigenvalue weighted by Crippen LogP contribution is 2.22. The van der Waals surface area contributed by atoms with Crippen LogP contribution in [0, 0.1) is 18.6 Å². The first-order valence-corrected chi connectivity index (χ1v) is 8.76. The Balaban J connectivity index is 1.94. The van der Waals surface area contributed by atoms with E-state index in [0.717, 1.165) is 12.1 Å². The molecule has 27 heavy (non-hydrogen) atoms. The molecular formula is C19H15BrF2N2O3. The Morgan fingerprint density at radius 1 is 1.22 bits per heavy atom. The van der Waals surface area contributed by atoms with Crippen LogP contribution in [0.25, 0.3) is 5.69 Å². The van der Waals surface area contributed by atoms with Crippen LogP contribution in [0.1, 0.15) is 17.0 Å². The van der Waals surface area contributed by atoms with E-state index in [1.807, 2.05) is 0 Å². The summed E-state index contributed by atoms with van der Waals surface area (Å²) < 4.78 is 33.6. The third kappa shape index (κ3) is 4.06. The van der Waals surface area contributed by atoms with Gasteiger partial charge in [-0.2, -0.15) is 4.98 Å². The van der Waals surface area contributed by atoms with E-state index < -0.39 is 17.2 Å². The average molecular weight is 437 g/mol. The Bertz CT molecular complexity index is 1050. The van der Waals surface area contributed by atoms with Gasteiger partial charge in [0.15, 0.2) is 0 Å². The van der Waals surface area contributed by atoms with Crippen molar-refractivity contribution in [1.29, 1.82) is 0 Å². The lowest BCUT2D eigenvalue weighted by molar-refractivity contribution is 0.281. The molecule has 0 fully saturated rings. The quantitative estimate of drug-likeness (QED) is 0.662. The van der Waals surface area contributed by atoms with Crippen molar-refractivity contribution in [2.45, 2.75) is 20.1 Å². The predicted octanol–water partition coefficient (Wildman–Crippen LogP) is 3.65. The molecule has 140 valence electrons. The van der Waals surface area contributed by atoms with E-state index in [1.54, 1.807) is 31.2 Å². The summed E-state index contributed by atoms with van der Waals surface area (Å²) in [6.07, 6.45) is 0. The van der Waals surface area contributed by atoms with Crippen LogP contribution >= 0.6 is 15.9 Å². The minimum Gasteiger partial charge on any atom is -0.472 e. The van der Waals surface area contributed by atoms with Gasteiger partial charge in [0.05, 0.1) is 12.3 Å². The highest BCUT2D eigenvalue weighted by molar-refractivity contribution is 9.10. The Labute approximate surface area is 162 Å². The molecule has 0 aliphatic rings. The van der Waals surface area contributed by atoms with Crippen LogP contribution in [0.2, 0.25) is 0 Å². The second-order valence-electron chi connectivity index (χ2n) is 5.77. The molecule has 0 saturated carbocycles. The first kappa shape index (κ1) is 19.2. The van der Waals surface area contributed by atoms with E-state index in [2.05, 4.69) is 20.9 Å². The number of benzene rings is 2. The van der Waals surface area contributed by atoms with Gasteiger partial charge in [-0.05, 0) is 52.7 Å². The van der Waals surface area contributed by atoms with Crippen molar-refractivity contribution in [3.8, 4) is 11.6 Å². The summed E-state index contributed by atoms with van der Waals surface area (Å²) in [7, 11) is 0. The van der Waals surface area contributed by atoms with Crippen LogP contribution in [0.15, 0.2) is 51.7 Å². The third-order valence-corrected chi connectivity index (χ3v) is 4.57. The third-order valence-electron chi connectivity index (χ3n) is 3.90. The standard InChI is InChI=1S/C19H15BrF2N2O3/c1-11-23-18(27-10-13-5-6-14(21)8-16(13)22)17(20)19(26)24(11)15-4-2-3-12(7-15)9-25/h2-8,25H,9-10H2,1H3. The number of ether oxygens (including phenoxy) is 1. The van der Waals surface area contributed by atoms with Gasteiger partial charge in [-0.15, -0.1) is 0 Å². The van der Waals surface area contributed by atoms with Crippen LogP contribution in [0.5, 0.6) is 5.88 Å². The van der Waals surface area contributed by atoms with Crippen molar-refractivity contribution in [3.05, 3.63) is 85.9 Å². The van der Waals surface area contributed by atoms with Crippen molar-refractivity contribution in [2.75, 3.05) is 0 Å². The lowest BCUT2D eigenvalue weighted by Gasteiger charge is -2.14. The molecule has 0 aliphatic heterocycles. The molecule has 3 rings (SSSR count). The number of halogens is 3. The van der Waals surface area contributed by atoms with Gasteiger partial charge in [0.25, 0.3) is 5.56 Å². The molecule has 0 unspecified atom stereocenters. The van der Waals surface area contributed by atoms with Crippen LogP contribution in [-0.2, 0) is 13.2 Å². The van der Waals surface area contributed by atoms with Crippen molar-refractivity contribution in [2.24, 2.45) is 0 Å². The summed E-state index contributed by atoms with van der Waals surface area (Å²) in [5.41, 5.74) is 0.935. The number of hydrogen-bond acceptors (Lipinski definition) is 4. The molecule has 2 aromatic carbocycles. The zero-order valence-corrected chi connectivity index (χ0v) is 15.8. The number of nitrogens with zero attached hydrogens (tertiary/aromatic N) is 2. The highest BCUT2D eigenvalue weighted by atomic mass is 79.9. The molecule has 5 nitrogen and oxygen atoms in total. The normalized spacial score (nSPS) is 10.9. The van der Waals surface area contributed by atoms with E-state index in [0.29, 0.717) is 17.1 Å². The van der Waals surface area contributed by atoms with Gasteiger partial charge in [0.1, 0.15) is 28.5 Å². The number of aliphatic hydroxyl groups is 1. The maximum atomic E-state index is 13.7. The lowest BCUT2D eigenvalue weighted by Crippen LogP contribution is -2.24. The van der Waals surface area contributed by atoms with Crippen LogP contribution in [0.3, 0.4) is 0 Å². The van der Waals surface area contributed by atoms with Gasteiger partial charge in [-0.3, -0.25) is 9.36 Å². The number of rotatable bonds is 5. The molecule has 0 aliphatic carbocycles. The van der Waals surface area contributed by atoms with Gasteiger partial charge >= 0.3 is 0 Å². The monoisotopic (exact) mass is 436 g/mol. The maximum absolute atomic E-state index is 13.7. The minimum atomic E-state index is -0.739. The SMILES string of the molecule is Cc1nc(OCc2ccc(F)cc2F)c(Br)c(=O)n1-c1cccc(CO)c1. The molecule has 0 radical (unpaired) electrons. The smallest absolute Gasteiger partial charge is 0.276 e. The molecule has 1 heterocycles. The molecule has 3 aromatic rings. The second kappa shape index (κ2) is 7.98. The Morgan fingerprint density at radius 2 is 2.00 bits per heavy atom. The van der Waals surface area contributed by atoms with Gasteiger partial charge < -0.3 is 9.84 Å². The summed E-state index contributed by atoms with van der Waals surface area (Å²) in [6.45, 7) is 1.27. The average Bonchev–Trinajstić information content (AvgIpc) is 2.65.